The van der Waals surface area contributed by atoms with Gasteiger partial charge in [0.25, 0.3) is 0 Å². The molecule has 1 aliphatic rings. The summed E-state index contributed by atoms with van der Waals surface area (Å²) < 4.78 is 54.6. The highest BCUT2D eigenvalue weighted by Crippen LogP contribution is 2.26. The van der Waals surface area contributed by atoms with Crippen LogP contribution in [0.4, 0.5) is 5.69 Å². The number of anilines is 1. The highest BCUT2D eigenvalue weighted by atomic mass is 32.2. The Hall–Kier alpha value is -1.32. The van der Waals surface area contributed by atoms with E-state index >= 15 is 0 Å². The number of hydrogen-bond acceptors (Lipinski definition) is 6. The summed E-state index contributed by atoms with van der Waals surface area (Å²) in [6.45, 7) is 0. The molecule has 1 saturated heterocycles. The second-order valence-corrected chi connectivity index (χ2v) is 8.54. The van der Waals surface area contributed by atoms with Crippen LogP contribution in [-0.4, -0.2) is 41.5 Å². The maximum Gasteiger partial charge on any atom is 0.244 e. The molecule has 0 saturated carbocycles. The van der Waals surface area contributed by atoms with E-state index in [2.05, 4.69) is 4.72 Å². The molecule has 0 bridgehead atoms. The van der Waals surface area contributed by atoms with Crippen molar-refractivity contribution in [2.24, 2.45) is 0 Å². The van der Waals surface area contributed by atoms with Crippen molar-refractivity contribution in [2.45, 2.75) is 17.4 Å². The number of nitrogens with two attached hydrogens (primary N) is 1. The number of sulfonamides is 1. The van der Waals surface area contributed by atoms with E-state index in [-0.39, 0.29) is 28.6 Å². The summed E-state index contributed by atoms with van der Waals surface area (Å²) >= 11 is 0. The van der Waals surface area contributed by atoms with Gasteiger partial charge in [-0.3, -0.25) is 0 Å². The number of ether oxygens (including phenoxy) is 1. The Morgan fingerprint density at radius 1 is 1.40 bits per heavy atom. The van der Waals surface area contributed by atoms with E-state index in [1.165, 1.54) is 25.3 Å². The summed E-state index contributed by atoms with van der Waals surface area (Å²) in [7, 11) is -5.66. The van der Waals surface area contributed by atoms with Crippen LogP contribution >= 0.6 is 0 Å². The van der Waals surface area contributed by atoms with E-state index in [4.69, 9.17) is 10.5 Å². The molecule has 0 radical (unpaired) electrons. The second-order valence-electron chi connectivity index (χ2n) is 4.63. The fraction of sp³-hybridized carbons (Fsp3) is 0.455. The molecule has 0 spiro atoms. The number of nitrogens with one attached hydrogen (secondary N) is 1. The molecule has 1 unspecified atom stereocenters. The van der Waals surface area contributed by atoms with Crippen LogP contribution in [-0.2, 0) is 19.9 Å². The van der Waals surface area contributed by atoms with Gasteiger partial charge in [-0.05, 0) is 18.6 Å². The monoisotopic (exact) mass is 320 g/mol. The van der Waals surface area contributed by atoms with E-state index in [1.807, 2.05) is 0 Å². The minimum Gasteiger partial charge on any atom is -0.495 e. The minimum absolute atomic E-state index is 0.000933. The number of rotatable bonds is 4. The van der Waals surface area contributed by atoms with Gasteiger partial charge < -0.3 is 10.5 Å². The molecule has 0 amide bonds. The minimum atomic E-state index is -3.85. The lowest BCUT2D eigenvalue weighted by molar-refractivity contribution is 0.402. The predicted molar refractivity (Wildman–Crippen MR) is 74.8 cm³/mol. The van der Waals surface area contributed by atoms with Gasteiger partial charge in [0.2, 0.25) is 10.0 Å². The summed E-state index contributed by atoms with van der Waals surface area (Å²) in [6.07, 6.45) is 0.277. The molecule has 3 N–H and O–H groups in total. The van der Waals surface area contributed by atoms with Gasteiger partial charge in [0.1, 0.15) is 10.6 Å². The Morgan fingerprint density at radius 3 is 2.65 bits per heavy atom. The predicted octanol–water partition coefficient (Wildman–Crippen LogP) is -0.257. The van der Waals surface area contributed by atoms with Crippen LogP contribution in [0.1, 0.15) is 6.42 Å². The Bertz CT molecular complexity index is 712. The molecule has 1 aliphatic heterocycles. The molecule has 1 atom stereocenters. The van der Waals surface area contributed by atoms with Crippen molar-refractivity contribution in [3.8, 4) is 5.75 Å². The van der Waals surface area contributed by atoms with Gasteiger partial charge in [0.05, 0.1) is 18.6 Å². The lowest BCUT2D eigenvalue weighted by Gasteiger charge is -2.14. The first-order valence-electron chi connectivity index (χ1n) is 5.90. The number of sulfone groups is 1. The topological polar surface area (TPSA) is 116 Å². The van der Waals surface area contributed by atoms with E-state index < -0.39 is 25.9 Å². The molecule has 20 heavy (non-hydrogen) atoms. The molecule has 7 nitrogen and oxygen atoms in total. The highest BCUT2D eigenvalue weighted by molar-refractivity contribution is 7.92. The van der Waals surface area contributed by atoms with Crippen molar-refractivity contribution < 1.29 is 21.6 Å². The standard InChI is InChI=1S/C11H16N2O5S2/c1-18-10-6-8(12)2-3-11(10)20(16,17)13-9-4-5-19(14,15)7-9/h2-3,6,9,13H,4-5,7,12H2,1H3. The van der Waals surface area contributed by atoms with Crippen molar-refractivity contribution >= 4 is 25.5 Å². The molecule has 1 heterocycles. The first kappa shape index (κ1) is 15.1. The summed E-state index contributed by atoms with van der Waals surface area (Å²) in [5, 5.41) is 0. The normalized spacial score (nSPS) is 21.8. The van der Waals surface area contributed by atoms with Crippen LogP contribution in [0, 0.1) is 0 Å². The average Bonchev–Trinajstić information content (AvgIpc) is 2.67. The summed E-state index contributed by atoms with van der Waals surface area (Å²) in [5.41, 5.74) is 5.95. The average molecular weight is 320 g/mol. The number of nitrogen functional groups attached to an aromatic ring is 1. The molecule has 9 heteroatoms. The second kappa shape index (κ2) is 5.23. The third-order valence-corrected chi connectivity index (χ3v) is 6.36. The van der Waals surface area contributed by atoms with Crippen molar-refractivity contribution in [3.05, 3.63) is 18.2 Å². The molecular formula is C11H16N2O5S2. The van der Waals surface area contributed by atoms with E-state index in [0.29, 0.717) is 5.69 Å². The van der Waals surface area contributed by atoms with Crippen LogP contribution in [0.3, 0.4) is 0 Å². The maximum absolute atomic E-state index is 12.3. The fourth-order valence-corrected chi connectivity index (χ4v) is 5.28. The molecule has 1 fully saturated rings. The molecule has 0 aliphatic carbocycles. The van der Waals surface area contributed by atoms with Gasteiger partial charge in [-0.15, -0.1) is 0 Å². The summed E-state index contributed by atoms with van der Waals surface area (Å²) in [5.74, 6) is -0.0545. The summed E-state index contributed by atoms with van der Waals surface area (Å²) in [4.78, 5) is -0.0569. The zero-order valence-corrected chi connectivity index (χ0v) is 12.5. The van der Waals surface area contributed by atoms with Crippen molar-refractivity contribution in [2.75, 3.05) is 24.3 Å². The maximum atomic E-state index is 12.3. The third kappa shape index (κ3) is 3.22. The van der Waals surface area contributed by atoms with Gasteiger partial charge in [-0.25, -0.2) is 21.6 Å². The van der Waals surface area contributed by atoms with Gasteiger partial charge in [-0.2, -0.15) is 0 Å². The number of benzene rings is 1. The molecular weight excluding hydrogens is 304 g/mol. The first-order valence-corrected chi connectivity index (χ1v) is 9.20. The van der Waals surface area contributed by atoms with Crippen molar-refractivity contribution in [1.82, 2.24) is 4.72 Å². The lowest BCUT2D eigenvalue weighted by atomic mass is 10.3. The van der Waals surface area contributed by atoms with Gasteiger partial charge in [0, 0.05) is 17.8 Å². The van der Waals surface area contributed by atoms with Crippen LogP contribution in [0.25, 0.3) is 0 Å². The van der Waals surface area contributed by atoms with E-state index in [1.54, 1.807) is 0 Å². The molecule has 0 aromatic heterocycles. The zero-order chi connectivity index (χ0) is 15.0. The van der Waals surface area contributed by atoms with Crippen LogP contribution < -0.4 is 15.2 Å². The van der Waals surface area contributed by atoms with Gasteiger partial charge in [0.15, 0.2) is 9.84 Å². The van der Waals surface area contributed by atoms with Gasteiger partial charge >= 0.3 is 0 Å². The van der Waals surface area contributed by atoms with Crippen LogP contribution in [0.15, 0.2) is 23.1 Å². The summed E-state index contributed by atoms with van der Waals surface area (Å²) in [6, 6.07) is 3.58. The SMILES string of the molecule is COc1cc(N)ccc1S(=O)(=O)NC1CCS(=O)(=O)C1. The fourth-order valence-electron chi connectivity index (χ4n) is 2.08. The molecule has 1 aromatic carbocycles. The Labute approximate surface area is 118 Å². The van der Waals surface area contributed by atoms with E-state index in [9.17, 15) is 16.8 Å². The number of hydrogen-bond donors (Lipinski definition) is 2. The Kier molecular flexibility index (Phi) is 3.94. The first-order chi connectivity index (χ1) is 9.23. The quantitative estimate of drug-likeness (QED) is 0.739. The Morgan fingerprint density at radius 2 is 2.10 bits per heavy atom. The third-order valence-electron chi connectivity index (χ3n) is 3.03. The Balaban J connectivity index is 2.27. The van der Waals surface area contributed by atoms with E-state index in [0.717, 1.165) is 0 Å². The van der Waals surface area contributed by atoms with Crippen LogP contribution in [0.5, 0.6) is 5.75 Å². The van der Waals surface area contributed by atoms with Crippen molar-refractivity contribution in [1.29, 1.82) is 0 Å². The molecule has 1 aromatic rings. The van der Waals surface area contributed by atoms with Gasteiger partial charge in [-0.1, -0.05) is 0 Å². The largest absolute Gasteiger partial charge is 0.495 e. The smallest absolute Gasteiger partial charge is 0.244 e. The molecule has 112 valence electrons. The highest BCUT2D eigenvalue weighted by Gasteiger charge is 2.32. The zero-order valence-electron chi connectivity index (χ0n) is 10.9. The van der Waals surface area contributed by atoms with Crippen LogP contribution in [0.2, 0.25) is 0 Å². The molecule has 2 rings (SSSR count). The number of methoxy groups -OCH3 is 1. The lowest BCUT2D eigenvalue weighted by Crippen LogP contribution is -2.35. The van der Waals surface area contributed by atoms with Crippen molar-refractivity contribution in [3.63, 3.8) is 0 Å².